The summed E-state index contributed by atoms with van der Waals surface area (Å²) in [7, 11) is 1.65. The number of anilines is 1. The molecule has 16 heavy (non-hydrogen) atoms. The number of rotatable bonds is 2. The van der Waals surface area contributed by atoms with Crippen LogP contribution < -0.4 is 10.5 Å². The first-order valence-corrected chi connectivity index (χ1v) is 5.36. The van der Waals surface area contributed by atoms with Gasteiger partial charge in [-0.3, -0.25) is 4.98 Å². The third-order valence-corrected chi connectivity index (χ3v) is 2.73. The van der Waals surface area contributed by atoms with E-state index in [4.69, 9.17) is 10.5 Å². The molecule has 0 aliphatic rings. The lowest BCUT2D eigenvalue weighted by Gasteiger charge is -2.14. The number of nitrogen functional groups attached to an aromatic ring is 1. The molecule has 0 aliphatic carbocycles. The van der Waals surface area contributed by atoms with Gasteiger partial charge < -0.3 is 10.5 Å². The van der Waals surface area contributed by atoms with Crippen LogP contribution >= 0.6 is 0 Å². The topological polar surface area (TPSA) is 48.1 Å². The number of hydrogen-bond acceptors (Lipinski definition) is 3. The molecule has 0 aliphatic heterocycles. The van der Waals surface area contributed by atoms with Crippen LogP contribution in [0.4, 0.5) is 5.69 Å². The van der Waals surface area contributed by atoms with Gasteiger partial charge in [0, 0.05) is 5.39 Å². The molecule has 0 bridgehead atoms. The molecule has 1 aromatic carbocycles. The zero-order valence-corrected chi connectivity index (χ0v) is 9.82. The second-order valence-corrected chi connectivity index (χ2v) is 4.14. The fraction of sp³-hybridized carbons (Fsp3) is 0.308. The van der Waals surface area contributed by atoms with Crippen molar-refractivity contribution >= 4 is 16.6 Å². The molecular weight excluding hydrogens is 200 g/mol. The first-order valence-electron chi connectivity index (χ1n) is 5.36. The van der Waals surface area contributed by atoms with Gasteiger partial charge >= 0.3 is 0 Å². The maximum absolute atomic E-state index is 5.98. The summed E-state index contributed by atoms with van der Waals surface area (Å²) in [5.74, 6) is 1.16. The standard InChI is InChI=1S/C13H16N2O/c1-8(2)12-9-5-4-6-11(16-3)13(9)15-7-10(12)14/h4-8H,14H2,1-3H3. The minimum Gasteiger partial charge on any atom is -0.494 e. The molecule has 0 amide bonds. The largest absolute Gasteiger partial charge is 0.494 e. The molecule has 0 atom stereocenters. The van der Waals surface area contributed by atoms with Crippen molar-refractivity contribution in [1.82, 2.24) is 4.98 Å². The summed E-state index contributed by atoms with van der Waals surface area (Å²) < 4.78 is 5.30. The Morgan fingerprint density at radius 1 is 1.31 bits per heavy atom. The SMILES string of the molecule is COc1cccc2c(C(C)C)c(N)cnc12. The Kier molecular flexibility index (Phi) is 2.69. The first kappa shape index (κ1) is 10.7. The maximum atomic E-state index is 5.98. The first-order chi connectivity index (χ1) is 7.65. The van der Waals surface area contributed by atoms with Crippen molar-refractivity contribution in [3.8, 4) is 5.75 Å². The van der Waals surface area contributed by atoms with Gasteiger partial charge in [-0.25, -0.2) is 0 Å². The third kappa shape index (κ3) is 1.58. The van der Waals surface area contributed by atoms with Crippen LogP contribution in [0.1, 0.15) is 25.3 Å². The van der Waals surface area contributed by atoms with E-state index in [9.17, 15) is 0 Å². The van der Waals surface area contributed by atoms with Gasteiger partial charge in [0.25, 0.3) is 0 Å². The second kappa shape index (κ2) is 4.00. The monoisotopic (exact) mass is 216 g/mol. The normalized spacial score (nSPS) is 11.0. The maximum Gasteiger partial charge on any atom is 0.145 e. The predicted molar refractivity (Wildman–Crippen MR) is 66.8 cm³/mol. The molecule has 0 radical (unpaired) electrons. The predicted octanol–water partition coefficient (Wildman–Crippen LogP) is 2.95. The van der Waals surface area contributed by atoms with E-state index in [1.54, 1.807) is 13.3 Å². The van der Waals surface area contributed by atoms with Gasteiger partial charge in [-0.15, -0.1) is 0 Å². The Labute approximate surface area is 95.2 Å². The van der Waals surface area contributed by atoms with E-state index < -0.39 is 0 Å². The Hall–Kier alpha value is -1.77. The zero-order valence-electron chi connectivity index (χ0n) is 9.82. The average molecular weight is 216 g/mol. The molecule has 0 fully saturated rings. The number of ether oxygens (including phenoxy) is 1. The number of nitrogens with zero attached hydrogens (tertiary/aromatic N) is 1. The van der Waals surface area contributed by atoms with Crippen molar-refractivity contribution in [3.05, 3.63) is 30.0 Å². The summed E-state index contributed by atoms with van der Waals surface area (Å²) in [5.41, 5.74) is 8.74. The number of aromatic nitrogens is 1. The lowest BCUT2D eigenvalue weighted by molar-refractivity contribution is 0.419. The van der Waals surface area contributed by atoms with Crippen LogP contribution in [-0.2, 0) is 0 Å². The molecule has 2 rings (SSSR count). The molecule has 0 spiro atoms. The Balaban J connectivity index is 2.83. The molecule has 3 nitrogen and oxygen atoms in total. The van der Waals surface area contributed by atoms with Crippen LogP contribution in [-0.4, -0.2) is 12.1 Å². The molecule has 1 heterocycles. The number of para-hydroxylation sites is 1. The number of fused-ring (bicyclic) bond motifs is 1. The molecule has 0 unspecified atom stereocenters. The zero-order chi connectivity index (χ0) is 11.7. The molecule has 3 heteroatoms. The van der Waals surface area contributed by atoms with Gasteiger partial charge in [-0.1, -0.05) is 26.0 Å². The van der Waals surface area contributed by atoms with Gasteiger partial charge in [0.1, 0.15) is 11.3 Å². The van der Waals surface area contributed by atoms with Gasteiger partial charge in [-0.2, -0.15) is 0 Å². The highest BCUT2D eigenvalue weighted by atomic mass is 16.5. The van der Waals surface area contributed by atoms with Crippen LogP contribution in [0, 0.1) is 0 Å². The van der Waals surface area contributed by atoms with E-state index in [0.29, 0.717) is 5.92 Å². The van der Waals surface area contributed by atoms with E-state index in [0.717, 1.165) is 27.9 Å². The lowest BCUT2D eigenvalue weighted by Crippen LogP contribution is -2.00. The van der Waals surface area contributed by atoms with Crippen LogP contribution in [0.3, 0.4) is 0 Å². The summed E-state index contributed by atoms with van der Waals surface area (Å²) >= 11 is 0. The summed E-state index contributed by atoms with van der Waals surface area (Å²) in [6, 6.07) is 5.92. The number of benzene rings is 1. The van der Waals surface area contributed by atoms with Crippen molar-refractivity contribution in [2.75, 3.05) is 12.8 Å². The van der Waals surface area contributed by atoms with Gasteiger partial charge in [0.15, 0.2) is 0 Å². The summed E-state index contributed by atoms with van der Waals surface area (Å²) in [4.78, 5) is 4.34. The van der Waals surface area contributed by atoms with E-state index in [1.807, 2.05) is 18.2 Å². The highest BCUT2D eigenvalue weighted by Gasteiger charge is 2.12. The summed E-state index contributed by atoms with van der Waals surface area (Å²) in [6.07, 6.45) is 1.71. The number of hydrogen-bond donors (Lipinski definition) is 1. The highest BCUT2D eigenvalue weighted by molar-refractivity contribution is 5.90. The van der Waals surface area contributed by atoms with Crippen molar-refractivity contribution in [2.45, 2.75) is 19.8 Å². The van der Waals surface area contributed by atoms with Crippen molar-refractivity contribution in [3.63, 3.8) is 0 Å². The third-order valence-electron chi connectivity index (χ3n) is 2.73. The molecular formula is C13H16N2O. The van der Waals surface area contributed by atoms with Crippen LogP contribution in [0.2, 0.25) is 0 Å². The van der Waals surface area contributed by atoms with E-state index >= 15 is 0 Å². The molecule has 0 saturated heterocycles. The van der Waals surface area contributed by atoms with Gasteiger partial charge in [0.05, 0.1) is 19.0 Å². The summed E-state index contributed by atoms with van der Waals surface area (Å²) in [6.45, 7) is 4.26. The molecule has 2 N–H and O–H groups in total. The van der Waals surface area contributed by atoms with E-state index in [1.165, 1.54) is 0 Å². The number of nitrogens with two attached hydrogens (primary N) is 1. The van der Waals surface area contributed by atoms with Crippen molar-refractivity contribution in [1.29, 1.82) is 0 Å². The highest BCUT2D eigenvalue weighted by Crippen LogP contribution is 2.33. The Morgan fingerprint density at radius 2 is 2.06 bits per heavy atom. The van der Waals surface area contributed by atoms with E-state index in [2.05, 4.69) is 18.8 Å². The second-order valence-electron chi connectivity index (χ2n) is 4.14. The van der Waals surface area contributed by atoms with Crippen LogP contribution in [0.15, 0.2) is 24.4 Å². The number of methoxy groups -OCH3 is 1. The minimum absolute atomic E-state index is 0.373. The average Bonchev–Trinajstić information content (AvgIpc) is 2.27. The van der Waals surface area contributed by atoms with Gasteiger partial charge in [-0.05, 0) is 17.5 Å². The minimum atomic E-state index is 0.373. The quantitative estimate of drug-likeness (QED) is 0.839. The van der Waals surface area contributed by atoms with Crippen molar-refractivity contribution in [2.24, 2.45) is 0 Å². The summed E-state index contributed by atoms with van der Waals surface area (Å²) in [5, 5.41) is 1.08. The molecule has 84 valence electrons. The fourth-order valence-corrected chi connectivity index (χ4v) is 2.04. The van der Waals surface area contributed by atoms with E-state index in [-0.39, 0.29) is 0 Å². The molecule has 0 saturated carbocycles. The fourth-order valence-electron chi connectivity index (χ4n) is 2.04. The number of pyridine rings is 1. The van der Waals surface area contributed by atoms with Crippen LogP contribution in [0.25, 0.3) is 10.9 Å². The Morgan fingerprint density at radius 3 is 2.69 bits per heavy atom. The van der Waals surface area contributed by atoms with Gasteiger partial charge in [0.2, 0.25) is 0 Å². The smallest absolute Gasteiger partial charge is 0.145 e. The van der Waals surface area contributed by atoms with Crippen molar-refractivity contribution < 1.29 is 4.74 Å². The molecule has 2 aromatic rings. The molecule has 1 aromatic heterocycles. The van der Waals surface area contributed by atoms with Crippen LogP contribution in [0.5, 0.6) is 5.75 Å². The Bertz CT molecular complexity index is 521. The lowest BCUT2D eigenvalue weighted by atomic mass is 9.97.